The number of phenolic OH excluding ortho intramolecular Hbond substituents is 2. The van der Waals surface area contributed by atoms with Crippen LogP contribution in [0.1, 0.15) is 22.8 Å². The highest BCUT2D eigenvalue weighted by atomic mass is 16.6. The predicted molar refractivity (Wildman–Crippen MR) is 91.1 cm³/mol. The first-order valence-corrected chi connectivity index (χ1v) is 7.48. The summed E-state index contributed by atoms with van der Waals surface area (Å²) in [6.07, 6.45) is -1.25. The minimum absolute atomic E-state index is 0.169. The average molecular weight is 360 g/mol. The molecule has 9 heteroatoms. The molecule has 0 aliphatic rings. The second-order valence-electron chi connectivity index (χ2n) is 5.47. The van der Waals surface area contributed by atoms with Gasteiger partial charge in [-0.2, -0.15) is 0 Å². The zero-order chi connectivity index (χ0) is 19.4. The summed E-state index contributed by atoms with van der Waals surface area (Å²) in [6, 6.07) is 7.96. The van der Waals surface area contributed by atoms with E-state index in [4.69, 9.17) is 4.74 Å². The van der Waals surface area contributed by atoms with Gasteiger partial charge >= 0.3 is 5.97 Å². The molecule has 0 aliphatic carbocycles. The van der Waals surface area contributed by atoms with E-state index in [1.807, 2.05) is 0 Å². The number of non-ortho nitro benzene ring substituents is 1. The van der Waals surface area contributed by atoms with E-state index in [2.05, 4.69) is 5.32 Å². The molecule has 26 heavy (non-hydrogen) atoms. The largest absolute Gasteiger partial charge is 0.504 e. The number of aromatic hydroxyl groups is 2. The third-order valence-corrected chi connectivity index (χ3v) is 3.55. The third-order valence-electron chi connectivity index (χ3n) is 3.55. The lowest BCUT2D eigenvalue weighted by atomic mass is 10.1. The maximum atomic E-state index is 12.1. The molecular weight excluding hydrogens is 344 g/mol. The molecule has 0 fully saturated rings. The first-order chi connectivity index (χ1) is 12.2. The smallest absolute Gasteiger partial charge is 0.342 e. The Labute approximate surface area is 148 Å². The number of carbonyl (C=O) groups is 2. The van der Waals surface area contributed by atoms with Gasteiger partial charge in [-0.1, -0.05) is 12.1 Å². The molecule has 2 aromatic rings. The van der Waals surface area contributed by atoms with E-state index in [9.17, 15) is 29.9 Å². The number of hydrogen-bond acceptors (Lipinski definition) is 7. The maximum Gasteiger partial charge on any atom is 0.342 e. The third kappa shape index (κ3) is 4.07. The van der Waals surface area contributed by atoms with Gasteiger partial charge in [-0.15, -0.1) is 0 Å². The molecule has 0 saturated heterocycles. The van der Waals surface area contributed by atoms with Crippen LogP contribution in [0, 0.1) is 17.0 Å². The number of amides is 1. The lowest BCUT2D eigenvalue weighted by Gasteiger charge is -2.14. The summed E-state index contributed by atoms with van der Waals surface area (Å²) >= 11 is 0. The number of nitro benzene ring substituents is 1. The Morgan fingerprint density at radius 3 is 2.54 bits per heavy atom. The number of nitro groups is 1. The van der Waals surface area contributed by atoms with Crippen molar-refractivity contribution in [2.45, 2.75) is 20.0 Å². The second kappa shape index (κ2) is 7.51. The molecule has 3 N–H and O–H groups in total. The van der Waals surface area contributed by atoms with Gasteiger partial charge in [0.2, 0.25) is 0 Å². The molecule has 0 bridgehead atoms. The fraction of sp³-hybridized carbons (Fsp3) is 0.176. The maximum absolute atomic E-state index is 12.1. The van der Waals surface area contributed by atoms with Crippen LogP contribution in [-0.2, 0) is 9.53 Å². The van der Waals surface area contributed by atoms with Crippen LogP contribution in [0.5, 0.6) is 11.5 Å². The van der Waals surface area contributed by atoms with Crippen LogP contribution in [0.2, 0.25) is 0 Å². The Morgan fingerprint density at radius 2 is 1.88 bits per heavy atom. The molecule has 1 unspecified atom stereocenters. The molecule has 0 heterocycles. The topological polar surface area (TPSA) is 139 Å². The second-order valence-corrected chi connectivity index (χ2v) is 5.47. The minimum atomic E-state index is -1.25. The van der Waals surface area contributed by atoms with Crippen molar-refractivity contribution in [3.8, 4) is 11.5 Å². The summed E-state index contributed by atoms with van der Waals surface area (Å²) in [4.78, 5) is 34.3. The van der Waals surface area contributed by atoms with Gasteiger partial charge in [-0.05, 0) is 31.5 Å². The van der Waals surface area contributed by atoms with Crippen molar-refractivity contribution in [2.24, 2.45) is 0 Å². The monoisotopic (exact) mass is 360 g/mol. The van der Waals surface area contributed by atoms with Crippen LogP contribution in [0.3, 0.4) is 0 Å². The molecule has 1 atom stereocenters. The normalized spacial score (nSPS) is 11.5. The first kappa shape index (κ1) is 18.7. The number of carbonyl (C=O) groups excluding carboxylic acids is 2. The number of phenols is 2. The molecule has 0 spiro atoms. The zero-order valence-corrected chi connectivity index (χ0v) is 13.9. The van der Waals surface area contributed by atoms with Gasteiger partial charge in [0.05, 0.1) is 4.92 Å². The van der Waals surface area contributed by atoms with Gasteiger partial charge in [0.25, 0.3) is 11.6 Å². The van der Waals surface area contributed by atoms with E-state index in [0.29, 0.717) is 5.56 Å². The van der Waals surface area contributed by atoms with Crippen molar-refractivity contribution in [2.75, 3.05) is 5.32 Å². The Balaban J connectivity index is 2.07. The fourth-order valence-electron chi connectivity index (χ4n) is 2.06. The molecular formula is C17H16N2O7. The average Bonchev–Trinajstić information content (AvgIpc) is 2.59. The minimum Gasteiger partial charge on any atom is -0.504 e. The summed E-state index contributed by atoms with van der Waals surface area (Å²) in [5.74, 6) is -2.80. The molecule has 0 aliphatic heterocycles. The summed E-state index contributed by atoms with van der Waals surface area (Å²) < 4.78 is 4.97. The van der Waals surface area contributed by atoms with Crippen LogP contribution >= 0.6 is 0 Å². The van der Waals surface area contributed by atoms with E-state index < -0.39 is 34.4 Å². The van der Waals surface area contributed by atoms with Gasteiger partial charge in [-0.3, -0.25) is 14.9 Å². The van der Waals surface area contributed by atoms with Crippen LogP contribution in [0.4, 0.5) is 11.4 Å². The quantitative estimate of drug-likeness (QED) is 0.322. The van der Waals surface area contributed by atoms with Crippen LogP contribution in [0.25, 0.3) is 0 Å². The molecule has 0 saturated carbocycles. The number of anilines is 1. The molecule has 2 aromatic carbocycles. The Bertz CT molecular complexity index is 879. The number of nitrogens with zero attached hydrogens (tertiary/aromatic N) is 1. The van der Waals surface area contributed by atoms with Crippen molar-refractivity contribution in [1.82, 2.24) is 0 Å². The summed E-state index contributed by atoms with van der Waals surface area (Å²) in [5, 5.41) is 32.6. The van der Waals surface area contributed by atoms with Gasteiger partial charge in [0.1, 0.15) is 5.56 Å². The number of benzene rings is 2. The highest BCUT2D eigenvalue weighted by molar-refractivity contribution is 5.98. The highest BCUT2D eigenvalue weighted by Crippen LogP contribution is 2.32. The zero-order valence-electron chi connectivity index (χ0n) is 13.9. The highest BCUT2D eigenvalue weighted by Gasteiger charge is 2.23. The summed E-state index contributed by atoms with van der Waals surface area (Å²) in [5.41, 5.74) is 0.0500. The van der Waals surface area contributed by atoms with E-state index in [-0.39, 0.29) is 16.9 Å². The van der Waals surface area contributed by atoms with Crippen molar-refractivity contribution < 1.29 is 29.5 Å². The van der Waals surface area contributed by atoms with Crippen LogP contribution in [0.15, 0.2) is 36.4 Å². The molecule has 0 radical (unpaired) electrons. The van der Waals surface area contributed by atoms with E-state index in [1.54, 1.807) is 6.92 Å². The SMILES string of the molecule is Cc1ccc(C(=O)OC(C)C(=O)Nc2cccc([N+](=O)[O-])c2)c(O)c1O. The van der Waals surface area contributed by atoms with Crippen molar-refractivity contribution in [3.05, 3.63) is 57.6 Å². The van der Waals surface area contributed by atoms with Crippen molar-refractivity contribution in [3.63, 3.8) is 0 Å². The number of ether oxygens (including phenoxy) is 1. The first-order valence-electron chi connectivity index (χ1n) is 7.48. The molecule has 9 nitrogen and oxygen atoms in total. The lowest BCUT2D eigenvalue weighted by Crippen LogP contribution is -2.30. The number of nitrogens with one attached hydrogen (secondary N) is 1. The summed E-state index contributed by atoms with van der Waals surface area (Å²) in [6.45, 7) is 2.84. The predicted octanol–water partition coefficient (Wildman–Crippen LogP) is 2.50. The lowest BCUT2D eigenvalue weighted by molar-refractivity contribution is -0.384. The van der Waals surface area contributed by atoms with E-state index in [1.165, 1.54) is 37.3 Å². The van der Waals surface area contributed by atoms with Gasteiger partial charge < -0.3 is 20.3 Å². The molecule has 0 aromatic heterocycles. The van der Waals surface area contributed by atoms with Gasteiger partial charge in [0, 0.05) is 17.8 Å². The van der Waals surface area contributed by atoms with Gasteiger partial charge in [0.15, 0.2) is 17.6 Å². The number of hydrogen-bond donors (Lipinski definition) is 3. The van der Waals surface area contributed by atoms with Crippen LogP contribution < -0.4 is 5.32 Å². The fourth-order valence-corrected chi connectivity index (χ4v) is 2.06. The molecule has 1 amide bonds. The van der Waals surface area contributed by atoms with Crippen LogP contribution in [-0.4, -0.2) is 33.1 Å². The number of rotatable bonds is 5. The summed E-state index contributed by atoms with van der Waals surface area (Å²) in [7, 11) is 0. The Morgan fingerprint density at radius 1 is 1.19 bits per heavy atom. The van der Waals surface area contributed by atoms with E-state index in [0.717, 1.165) is 6.07 Å². The molecule has 2 rings (SSSR count). The molecule has 136 valence electrons. The van der Waals surface area contributed by atoms with Crippen molar-refractivity contribution >= 4 is 23.3 Å². The standard InChI is InChI=1S/C17H16N2O7/c1-9-6-7-13(15(21)14(9)20)17(23)26-10(2)16(22)18-11-4-3-5-12(8-11)19(24)25/h3-8,10,20-21H,1-2H3,(H,18,22). The van der Waals surface area contributed by atoms with Crippen molar-refractivity contribution in [1.29, 1.82) is 0 Å². The van der Waals surface area contributed by atoms with Gasteiger partial charge in [-0.25, -0.2) is 4.79 Å². The van der Waals surface area contributed by atoms with E-state index >= 15 is 0 Å². The number of aryl methyl sites for hydroxylation is 1. The number of esters is 1. The Hall–Kier alpha value is -3.62. The Kier molecular flexibility index (Phi) is 5.41.